The van der Waals surface area contributed by atoms with E-state index in [1.165, 1.54) is 19.3 Å². The molecular weight excluding hydrogens is 180 g/mol. The third-order valence-corrected chi connectivity index (χ3v) is 1.59. The van der Waals surface area contributed by atoms with E-state index in [1.54, 1.807) is 13.8 Å². The lowest BCUT2D eigenvalue weighted by atomic mass is 10.3. The highest BCUT2D eigenvalue weighted by Crippen LogP contribution is 1.90. The maximum absolute atomic E-state index is 8.69. The molecule has 0 aliphatic rings. The quantitative estimate of drug-likeness (QED) is 0.698. The van der Waals surface area contributed by atoms with E-state index in [0.717, 1.165) is 0 Å². The fourth-order valence-electron chi connectivity index (χ4n) is 0.710. The van der Waals surface area contributed by atoms with Gasteiger partial charge < -0.3 is 14.9 Å². The second-order valence-electron chi connectivity index (χ2n) is 3.53. The van der Waals surface area contributed by atoms with Crippen molar-refractivity contribution in [3.63, 3.8) is 0 Å². The van der Waals surface area contributed by atoms with Crippen LogP contribution in [0.25, 0.3) is 0 Å². The second kappa shape index (κ2) is 12.9. The molecule has 2 N–H and O–H groups in total. The largest absolute Gasteiger partial charge is 0.394 e. The van der Waals surface area contributed by atoms with Crippen LogP contribution in [0.1, 0.15) is 47.0 Å². The lowest BCUT2D eigenvalue weighted by molar-refractivity contribution is -0.0177. The highest BCUT2D eigenvalue weighted by Gasteiger charge is 2.00. The minimum atomic E-state index is -0.445. The molecule has 0 saturated carbocycles. The van der Waals surface area contributed by atoms with E-state index >= 15 is 0 Å². The van der Waals surface area contributed by atoms with Crippen LogP contribution in [0.4, 0.5) is 0 Å². The average molecular weight is 206 g/mol. The van der Waals surface area contributed by atoms with Gasteiger partial charge in [0.05, 0.1) is 25.4 Å². The highest BCUT2D eigenvalue weighted by atomic mass is 16.5. The molecule has 2 atom stereocenters. The van der Waals surface area contributed by atoms with E-state index in [9.17, 15) is 0 Å². The fourth-order valence-corrected chi connectivity index (χ4v) is 0.710. The van der Waals surface area contributed by atoms with E-state index in [4.69, 9.17) is 14.9 Å². The van der Waals surface area contributed by atoms with E-state index in [2.05, 4.69) is 13.8 Å². The molecule has 88 valence electrons. The van der Waals surface area contributed by atoms with Gasteiger partial charge in [-0.1, -0.05) is 33.1 Å². The molecule has 0 rings (SSSR count). The van der Waals surface area contributed by atoms with Gasteiger partial charge in [0.15, 0.2) is 0 Å². The Kier molecular flexibility index (Phi) is 15.0. The van der Waals surface area contributed by atoms with Crippen LogP contribution < -0.4 is 0 Å². The SMILES string of the molecule is CC(O)COC(C)CO.CCCCC. The van der Waals surface area contributed by atoms with Crippen LogP contribution in [0.15, 0.2) is 0 Å². The Labute approximate surface area is 88.1 Å². The van der Waals surface area contributed by atoms with Crippen LogP contribution in [-0.4, -0.2) is 35.6 Å². The van der Waals surface area contributed by atoms with Crippen LogP contribution in [0.2, 0.25) is 0 Å². The summed E-state index contributed by atoms with van der Waals surface area (Å²) in [5.41, 5.74) is 0. The Balaban J connectivity index is 0. The predicted octanol–water partition coefficient (Wildman–Crippen LogP) is 1.96. The van der Waals surface area contributed by atoms with Crippen LogP contribution in [0.3, 0.4) is 0 Å². The van der Waals surface area contributed by atoms with Crippen LogP contribution >= 0.6 is 0 Å². The summed E-state index contributed by atoms with van der Waals surface area (Å²) < 4.78 is 4.95. The fraction of sp³-hybridized carbons (Fsp3) is 1.00. The molecule has 0 aromatic rings. The molecular formula is C11H26O3. The Bertz CT molecular complexity index is 92.5. The minimum Gasteiger partial charge on any atom is -0.394 e. The number of aliphatic hydroxyl groups is 2. The van der Waals surface area contributed by atoms with Gasteiger partial charge >= 0.3 is 0 Å². The van der Waals surface area contributed by atoms with Gasteiger partial charge in [0, 0.05) is 0 Å². The molecule has 0 aromatic heterocycles. The zero-order chi connectivity index (χ0) is 11.4. The molecule has 0 aromatic carbocycles. The van der Waals surface area contributed by atoms with E-state index in [-0.39, 0.29) is 12.7 Å². The van der Waals surface area contributed by atoms with Crippen LogP contribution in [0, 0.1) is 0 Å². The summed E-state index contributed by atoms with van der Waals surface area (Å²) in [4.78, 5) is 0. The monoisotopic (exact) mass is 206 g/mol. The smallest absolute Gasteiger partial charge is 0.0779 e. The van der Waals surface area contributed by atoms with Gasteiger partial charge in [0.1, 0.15) is 0 Å². The van der Waals surface area contributed by atoms with Crippen molar-refractivity contribution in [2.75, 3.05) is 13.2 Å². The summed E-state index contributed by atoms with van der Waals surface area (Å²) in [5.74, 6) is 0. The Morgan fingerprint density at radius 2 is 1.64 bits per heavy atom. The lowest BCUT2D eigenvalue weighted by Crippen LogP contribution is -2.19. The van der Waals surface area contributed by atoms with Gasteiger partial charge in [-0.3, -0.25) is 0 Å². The third-order valence-electron chi connectivity index (χ3n) is 1.59. The molecule has 2 unspecified atom stereocenters. The first-order valence-electron chi connectivity index (χ1n) is 5.48. The van der Waals surface area contributed by atoms with Crippen molar-refractivity contribution in [1.29, 1.82) is 0 Å². The van der Waals surface area contributed by atoms with E-state index in [1.807, 2.05) is 0 Å². The third kappa shape index (κ3) is 17.8. The van der Waals surface area contributed by atoms with Gasteiger partial charge in [-0.15, -0.1) is 0 Å². The maximum Gasteiger partial charge on any atom is 0.0779 e. The summed E-state index contributed by atoms with van der Waals surface area (Å²) in [5, 5.41) is 17.1. The van der Waals surface area contributed by atoms with Crippen molar-refractivity contribution in [3.05, 3.63) is 0 Å². The zero-order valence-corrected chi connectivity index (χ0v) is 9.99. The molecule has 0 amide bonds. The van der Waals surface area contributed by atoms with Crippen molar-refractivity contribution < 1.29 is 14.9 Å². The first kappa shape index (κ1) is 16.3. The van der Waals surface area contributed by atoms with Crippen molar-refractivity contribution in [2.45, 2.75) is 59.2 Å². The first-order chi connectivity index (χ1) is 6.58. The average Bonchev–Trinajstić information content (AvgIpc) is 2.16. The van der Waals surface area contributed by atoms with Crippen molar-refractivity contribution in [3.8, 4) is 0 Å². The molecule has 0 fully saturated rings. The van der Waals surface area contributed by atoms with E-state index < -0.39 is 6.10 Å². The summed E-state index contributed by atoms with van der Waals surface area (Å²) in [7, 11) is 0. The summed E-state index contributed by atoms with van der Waals surface area (Å²) in [6.07, 6.45) is 3.46. The number of ether oxygens (including phenoxy) is 1. The van der Waals surface area contributed by atoms with Crippen molar-refractivity contribution in [1.82, 2.24) is 0 Å². The number of aliphatic hydroxyl groups excluding tert-OH is 2. The molecule has 3 heteroatoms. The van der Waals surface area contributed by atoms with Gasteiger partial charge in [0.2, 0.25) is 0 Å². The summed E-state index contributed by atoms with van der Waals surface area (Å²) in [6, 6.07) is 0. The number of unbranched alkanes of at least 4 members (excludes halogenated alkanes) is 2. The number of rotatable bonds is 6. The standard InChI is InChI=1S/C6H14O3.C5H12/c1-5(8)4-9-6(2)3-7;1-3-5-4-2/h5-8H,3-4H2,1-2H3;3-5H2,1-2H3. The second-order valence-corrected chi connectivity index (χ2v) is 3.53. The molecule has 0 radical (unpaired) electrons. The number of hydrogen-bond acceptors (Lipinski definition) is 3. The van der Waals surface area contributed by atoms with Crippen LogP contribution in [0.5, 0.6) is 0 Å². The Morgan fingerprint density at radius 1 is 1.14 bits per heavy atom. The molecule has 3 nitrogen and oxygen atoms in total. The lowest BCUT2D eigenvalue weighted by Gasteiger charge is -2.10. The number of hydrogen-bond donors (Lipinski definition) is 2. The molecule has 0 bridgehead atoms. The zero-order valence-electron chi connectivity index (χ0n) is 9.99. The highest BCUT2D eigenvalue weighted by molar-refractivity contribution is 4.47. The minimum absolute atomic E-state index is 0.00667. The summed E-state index contributed by atoms with van der Waals surface area (Å²) in [6.45, 7) is 8.12. The Hall–Kier alpha value is -0.120. The van der Waals surface area contributed by atoms with Crippen LogP contribution in [-0.2, 0) is 4.74 Å². The molecule has 0 spiro atoms. The molecule has 0 aliphatic heterocycles. The molecule has 0 heterocycles. The molecule has 0 aliphatic carbocycles. The topological polar surface area (TPSA) is 49.7 Å². The van der Waals surface area contributed by atoms with Crippen molar-refractivity contribution >= 4 is 0 Å². The molecule has 14 heavy (non-hydrogen) atoms. The summed E-state index contributed by atoms with van der Waals surface area (Å²) >= 11 is 0. The Morgan fingerprint density at radius 3 is 1.86 bits per heavy atom. The predicted molar refractivity (Wildman–Crippen MR) is 59.4 cm³/mol. The van der Waals surface area contributed by atoms with Gasteiger partial charge in [-0.25, -0.2) is 0 Å². The normalized spacial score (nSPS) is 14.1. The van der Waals surface area contributed by atoms with Gasteiger partial charge in [-0.2, -0.15) is 0 Å². The van der Waals surface area contributed by atoms with E-state index in [0.29, 0.717) is 6.61 Å². The maximum atomic E-state index is 8.69. The first-order valence-corrected chi connectivity index (χ1v) is 5.48. The van der Waals surface area contributed by atoms with Gasteiger partial charge in [-0.05, 0) is 13.8 Å². The molecule has 0 saturated heterocycles. The van der Waals surface area contributed by atoms with Crippen molar-refractivity contribution in [2.24, 2.45) is 0 Å². The van der Waals surface area contributed by atoms with Gasteiger partial charge in [0.25, 0.3) is 0 Å².